The number of hydrogen-bond acceptors (Lipinski definition) is 4. The quantitative estimate of drug-likeness (QED) is 0.113. The Balaban J connectivity index is 0.000000183. The Morgan fingerprint density at radius 2 is 1.57 bits per heavy atom. The normalized spacial score (nSPS) is 13.5. The summed E-state index contributed by atoms with van der Waals surface area (Å²) in [5.74, 6) is 8.92. The standard InChI is InChI=1S/C26H21N2O.C21H28GeN.Ir/c1-17(2)15-18-13-14-27-24(16-18)22-10-6-9-20-21-11-12-23(19-7-4-3-5-8-19)28-26(21)29-25(20)22;1-22(2,3)20-16-23-21(18-12-8-5-9-13-18)15-19(20)14-17-10-6-4-7-11-17;/h3-9,11-14,16-17H,15H2,1-2H3;5,8-9,12,15-17H,4,6-7,10-11,14H2,1-3H3;/q2*-1;. The molecule has 1 radical (unpaired) electrons. The maximum Gasteiger partial charge on any atom is 0 e. The summed E-state index contributed by atoms with van der Waals surface area (Å²) in [4.78, 5) is 14.1. The number of benzene rings is 3. The predicted octanol–water partition coefficient (Wildman–Crippen LogP) is 11.9. The van der Waals surface area contributed by atoms with Crippen LogP contribution in [0.25, 0.3) is 55.8 Å². The van der Waals surface area contributed by atoms with Gasteiger partial charge < -0.3 is 9.40 Å². The van der Waals surface area contributed by atoms with E-state index in [9.17, 15) is 0 Å². The molecular weight excluding hydrogens is 887 g/mol. The summed E-state index contributed by atoms with van der Waals surface area (Å²) < 4.78 is 7.83. The topological polar surface area (TPSA) is 51.8 Å². The van der Waals surface area contributed by atoms with Crippen molar-refractivity contribution in [3.8, 4) is 33.8 Å². The first kappa shape index (κ1) is 38.8. The second-order valence-corrected chi connectivity index (χ2v) is 26.3. The van der Waals surface area contributed by atoms with E-state index in [4.69, 9.17) is 14.4 Å². The van der Waals surface area contributed by atoms with Gasteiger partial charge in [-0.05, 0) is 36.2 Å². The molecule has 1 fully saturated rings. The van der Waals surface area contributed by atoms with Gasteiger partial charge >= 0.3 is 144 Å². The van der Waals surface area contributed by atoms with E-state index in [1.807, 2.05) is 54.7 Å². The minimum Gasteiger partial charge on any atom is 0 e. The van der Waals surface area contributed by atoms with Crippen molar-refractivity contribution in [1.82, 2.24) is 15.0 Å². The van der Waals surface area contributed by atoms with Gasteiger partial charge in [0.15, 0.2) is 0 Å². The van der Waals surface area contributed by atoms with Crippen molar-refractivity contribution < 1.29 is 24.5 Å². The first-order valence-electron chi connectivity index (χ1n) is 18.9. The Hall–Kier alpha value is -3.90. The summed E-state index contributed by atoms with van der Waals surface area (Å²) in [5.41, 5.74) is 10.2. The Bertz CT molecular complexity index is 2250. The van der Waals surface area contributed by atoms with Crippen molar-refractivity contribution in [2.45, 2.75) is 76.1 Å². The number of nitrogens with zero attached hydrogens (tertiary/aromatic N) is 3. The van der Waals surface area contributed by atoms with Crippen molar-refractivity contribution in [2.75, 3.05) is 0 Å². The molecule has 8 rings (SSSR count). The summed E-state index contributed by atoms with van der Waals surface area (Å²) in [6.07, 6.45) is 13.4. The maximum absolute atomic E-state index is 6.24. The predicted molar refractivity (Wildman–Crippen MR) is 219 cm³/mol. The van der Waals surface area contributed by atoms with E-state index < -0.39 is 13.3 Å². The van der Waals surface area contributed by atoms with E-state index in [2.05, 4.69) is 103 Å². The zero-order valence-corrected chi connectivity index (χ0v) is 36.1. The molecular formula is C47H49GeIrN3O-2. The van der Waals surface area contributed by atoms with Crippen LogP contribution in [0.1, 0.15) is 57.1 Å². The molecule has 0 saturated heterocycles. The molecule has 4 heterocycles. The van der Waals surface area contributed by atoms with Crippen LogP contribution in [0.2, 0.25) is 17.3 Å². The van der Waals surface area contributed by atoms with Crippen LogP contribution in [-0.2, 0) is 32.9 Å². The van der Waals surface area contributed by atoms with Gasteiger partial charge in [-0.3, -0.25) is 0 Å². The van der Waals surface area contributed by atoms with Crippen LogP contribution in [0, 0.1) is 24.0 Å². The van der Waals surface area contributed by atoms with Crippen LogP contribution in [0.15, 0.2) is 114 Å². The molecule has 0 unspecified atom stereocenters. The molecule has 273 valence electrons. The number of aromatic nitrogens is 3. The first-order chi connectivity index (χ1) is 25.2. The fourth-order valence-electron chi connectivity index (χ4n) is 7.54. The smallest absolute Gasteiger partial charge is 0 e. The average Bonchev–Trinajstić information content (AvgIpc) is 3.54. The second-order valence-electron chi connectivity index (χ2n) is 15.7. The monoisotopic (exact) mass is 938 g/mol. The van der Waals surface area contributed by atoms with Crippen molar-refractivity contribution in [1.29, 1.82) is 0 Å². The van der Waals surface area contributed by atoms with Gasteiger partial charge in [-0.15, -0.1) is 18.2 Å². The Morgan fingerprint density at radius 1 is 0.774 bits per heavy atom. The van der Waals surface area contributed by atoms with Gasteiger partial charge in [0.2, 0.25) is 5.71 Å². The van der Waals surface area contributed by atoms with Gasteiger partial charge in [0.1, 0.15) is 0 Å². The van der Waals surface area contributed by atoms with Gasteiger partial charge in [0, 0.05) is 37.3 Å². The van der Waals surface area contributed by atoms with Crippen LogP contribution in [0.4, 0.5) is 0 Å². The maximum atomic E-state index is 6.24. The Morgan fingerprint density at radius 3 is 2.30 bits per heavy atom. The van der Waals surface area contributed by atoms with Crippen LogP contribution < -0.4 is 4.40 Å². The van der Waals surface area contributed by atoms with Crippen molar-refractivity contribution >= 4 is 39.7 Å². The molecule has 1 saturated carbocycles. The van der Waals surface area contributed by atoms with Gasteiger partial charge in [-0.1, -0.05) is 66.8 Å². The summed E-state index contributed by atoms with van der Waals surface area (Å²) in [6, 6.07) is 39.7. The van der Waals surface area contributed by atoms with E-state index in [0.717, 1.165) is 62.5 Å². The Kier molecular flexibility index (Phi) is 12.8. The van der Waals surface area contributed by atoms with Gasteiger partial charge in [0.25, 0.3) is 0 Å². The van der Waals surface area contributed by atoms with Crippen LogP contribution in [0.3, 0.4) is 0 Å². The molecule has 1 aliphatic rings. The van der Waals surface area contributed by atoms with Crippen LogP contribution in [0.5, 0.6) is 0 Å². The molecule has 1 aliphatic carbocycles. The first-order valence-corrected chi connectivity index (χ1v) is 26.3. The molecule has 53 heavy (non-hydrogen) atoms. The number of pyridine rings is 3. The van der Waals surface area contributed by atoms with E-state index in [-0.39, 0.29) is 20.1 Å². The summed E-state index contributed by atoms with van der Waals surface area (Å²) in [6.45, 7) is 4.45. The molecule has 0 aliphatic heterocycles. The number of furan rings is 1. The molecule has 0 spiro atoms. The van der Waals surface area contributed by atoms with Crippen molar-refractivity contribution in [2.24, 2.45) is 11.8 Å². The average molecular weight is 937 g/mol. The van der Waals surface area contributed by atoms with E-state index in [1.54, 1.807) is 9.96 Å². The molecule has 0 amide bonds. The molecule has 4 nitrogen and oxygen atoms in total. The minimum atomic E-state index is -1.89. The zero-order chi connectivity index (χ0) is 36.1. The largest absolute Gasteiger partial charge is 0 e. The molecule has 0 N–H and O–H groups in total. The number of fused-ring (bicyclic) bond motifs is 3. The summed E-state index contributed by atoms with van der Waals surface area (Å²) >= 11 is -1.89. The molecule has 4 aromatic heterocycles. The third kappa shape index (κ3) is 9.43. The molecule has 0 bridgehead atoms. The summed E-state index contributed by atoms with van der Waals surface area (Å²) in [7, 11) is 0. The fraction of sp³-hybridized carbons (Fsp3) is 0.298. The molecule has 6 heteroatoms. The van der Waals surface area contributed by atoms with E-state index in [0.29, 0.717) is 11.6 Å². The fourth-order valence-corrected chi connectivity index (χ4v) is 10.9. The zero-order valence-electron chi connectivity index (χ0n) is 31.6. The van der Waals surface area contributed by atoms with Gasteiger partial charge in [-0.25, -0.2) is 4.98 Å². The second kappa shape index (κ2) is 17.5. The van der Waals surface area contributed by atoms with Gasteiger partial charge in [0.05, 0.1) is 11.3 Å². The molecule has 0 atom stereocenters. The molecule has 3 aromatic carbocycles. The third-order valence-corrected chi connectivity index (χ3v) is 14.4. The SMILES string of the molecule is CC(C)Cc1ccnc(-c2[c-]ccc3c2oc2nc(-c4ccccc4)ccc23)c1.[CH3][Ge]([CH3])([CH3])[c]1cnc(-c2[c-]cccc2)cc1CC1CCCCC1.[Ir]. The Labute approximate surface area is 331 Å². The van der Waals surface area contributed by atoms with E-state index in [1.165, 1.54) is 44.1 Å². The molecule has 7 aromatic rings. The van der Waals surface area contributed by atoms with Crippen molar-refractivity contribution in [3.05, 3.63) is 133 Å². The van der Waals surface area contributed by atoms with Gasteiger partial charge in [-0.2, -0.15) is 0 Å². The number of hydrogen-bond donors (Lipinski definition) is 0. The number of rotatable bonds is 8. The van der Waals surface area contributed by atoms with E-state index >= 15 is 0 Å². The third-order valence-electron chi connectivity index (χ3n) is 10.1. The summed E-state index contributed by atoms with van der Waals surface area (Å²) in [5, 5.41) is 2.05. The van der Waals surface area contributed by atoms with Crippen LogP contribution in [-0.4, -0.2) is 28.2 Å². The van der Waals surface area contributed by atoms with Crippen LogP contribution >= 0.6 is 0 Å². The van der Waals surface area contributed by atoms with Crippen molar-refractivity contribution in [3.63, 3.8) is 0 Å². The minimum absolute atomic E-state index is 0.